The number of halogens is 1. The van der Waals surface area contributed by atoms with Crippen molar-refractivity contribution in [3.8, 4) is 0 Å². The Kier molecular flexibility index (Phi) is 3.19. The van der Waals surface area contributed by atoms with Crippen LogP contribution in [-0.2, 0) is 13.6 Å². The molecule has 0 saturated heterocycles. The van der Waals surface area contributed by atoms with E-state index in [4.69, 9.17) is 0 Å². The Hall–Kier alpha value is -1.43. The molecule has 0 amide bonds. The summed E-state index contributed by atoms with van der Waals surface area (Å²) in [6, 6.07) is 6.14. The van der Waals surface area contributed by atoms with E-state index in [-0.39, 0.29) is 0 Å². The molecule has 1 heterocycles. The SMILES string of the molecule is Cc1ccc(NCc2nnn(C)n2)c(Br)c1. The minimum absolute atomic E-state index is 0.565. The monoisotopic (exact) mass is 281 g/mol. The van der Waals surface area contributed by atoms with Crippen molar-refractivity contribution in [1.82, 2.24) is 20.2 Å². The van der Waals surface area contributed by atoms with E-state index < -0.39 is 0 Å². The first-order chi connectivity index (χ1) is 7.65. The molecule has 0 aliphatic heterocycles. The van der Waals surface area contributed by atoms with Crippen molar-refractivity contribution in [3.05, 3.63) is 34.1 Å². The van der Waals surface area contributed by atoms with E-state index in [1.54, 1.807) is 7.05 Å². The van der Waals surface area contributed by atoms with Crippen LogP contribution >= 0.6 is 15.9 Å². The summed E-state index contributed by atoms with van der Waals surface area (Å²) in [4.78, 5) is 1.45. The van der Waals surface area contributed by atoms with E-state index in [2.05, 4.69) is 55.7 Å². The Morgan fingerprint density at radius 3 is 2.88 bits per heavy atom. The molecule has 16 heavy (non-hydrogen) atoms. The average Bonchev–Trinajstić information content (AvgIpc) is 2.63. The molecule has 0 aliphatic carbocycles. The zero-order valence-corrected chi connectivity index (χ0v) is 10.7. The molecule has 1 aromatic carbocycles. The lowest BCUT2D eigenvalue weighted by Gasteiger charge is -2.06. The number of nitrogens with one attached hydrogen (secondary N) is 1. The summed E-state index contributed by atoms with van der Waals surface area (Å²) in [6.45, 7) is 2.62. The lowest BCUT2D eigenvalue weighted by atomic mass is 10.2. The first-order valence-corrected chi connectivity index (χ1v) is 5.67. The molecule has 0 atom stereocenters. The molecule has 0 radical (unpaired) electrons. The third kappa shape index (κ3) is 2.57. The molecular weight excluding hydrogens is 270 g/mol. The first-order valence-electron chi connectivity index (χ1n) is 4.88. The molecule has 2 rings (SSSR count). The van der Waals surface area contributed by atoms with Gasteiger partial charge in [0.15, 0.2) is 5.82 Å². The summed E-state index contributed by atoms with van der Waals surface area (Å²) in [5.74, 6) is 0.676. The number of nitrogens with zero attached hydrogens (tertiary/aromatic N) is 4. The molecule has 1 aromatic heterocycles. The zero-order chi connectivity index (χ0) is 11.5. The zero-order valence-electron chi connectivity index (χ0n) is 9.11. The molecule has 0 aliphatic rings. The molecule has 5 nitrogen and oxygen atoms in total. The van der Waals surface area contributed by atoms with Crippen molar-refractivity contribution in [3.63, 3.8) is 0 Å². The molecule has 0 saturated carbocycles. The van der Waals surface area contributed by atoms with Gasteiger partial charge in [-0.2, -0.15) is 4.80 Å². The number of benzene rings is 1. The highest BCUT2D eigenvalue weighted by molar-refractivity contribution is 9.10. The minimum atomic E-state index is 0.565. The Bertz CT molecular complexity index is 494. The Balaban J connectivity index is 2.04. The smallest absolute Gasteiger partial charge is 0.193 e. The third-order valence-electron chi connectivity index (χ3n) is 2.11. The molecule has 0 spiro atoms. The molecule has 1 N–H and O–H groups in total. The van der Waals surface area contributed by atoms with Crippen LogP contribution in [0.1, 0.15) is 11.4 Å². The van der Waals surface area contributed by atoms with Gasteiger partial charge in [-0.05, 0) is 45.8 Å². The summed E-state index contributed by atoms with van der Waals surface area (Å²) >= 11 is 3.50. The summed E-state index contributed by atoms with van der Waals surface area (Å²) in [7, 11) is 1.75. The Morgan fingerprint density at radius 2 is 2.25 bits per heavy atom. The van der Waals surface area contributed by atoms with Crippen molar-refractivity contribution in [2.45, 2.75) is 13.5 Å². The van der Waals surface area contributed by atoms with Gasteiger partial charge in [0.1, 0.15) is 0 Å². The average molecular weight is 282 g/mol. The third-order valence-corrected chi connectivity index (χ3v) is 2.77. The second-order valence-corrected chi connectivity index (χ2v) is 4.39. The maximum atomic E-state index is 4.09. The number of rotatable bonds is 3. The normalized spacial score (nSPS) is 10.4. The van der Waals surface area contributed by atoms with Gasteiger partial charge in [0.2, 0.25) is 0 Å². The van der Waals surface area contributed by atoms with Gasteiger partial charge in [-0.3, -0.25) is 0 Å². The van der Waals surface area contributed by atoms with Crippen LogP contribution in [0, 0.1) is 6.92 Å². The van der Waals surface area contributed by atoms with Gasteiger partial charge in [0.25, 0.3) is 0 Å². The molecule has 0 bridgehead atoms. The van der Waals surface area contributed by atoms with Crippen LogP contribution in [0.15, 0.2) is 22.7 Å². The topological polar surface area (TPSA) is 55.6 Å². The van der Waals surface area contributed by atoms with Gasteiger partial charge in [0.05, 0.1) is 13.6 Å². The summed E-state index contributed by atoms with van der Waals surface area (Å²) in [5.41, 5.74) is 2.24. The van der Waals surface area contributed by atoms with Crippen molar-refractivity contribution in [2.24, 2.45) is 7.05 Å². The lowest BCUT2D eigenvalue weighted by Crippen LogP contribution is -2.02. The van der Waals surface area contributed by atoms with E-state index in [9.17, 15) is 0 Å². The lowest BCUT2D eigenvalue weighted by molar-refractivity contribution is 0.628. The van der Waals surface area contributed by atoms with E-state index in [1.807, 2.05) is 6.07 Å². The largest absolute Gasteiger partial charge is 0.377 e. The number of tetrazole rings is 1. The highest BCUT2D eigenvalue weighted by Crippen LogP contribution is 2.23. The number of hydrogen-bond donors (Lipinski definition) is 1. The fraction of sp³-hybridized carbons (Fsp3) is 0.300. The predicted octanol–water partition coefficient (Wildman–Crippen LogP) is 1.89. The van der Waals surface area contributed by atoms with E-state index in [0.717, 1.165) is 10.2 Å². The van der Waals surface area contributed by atoms with Crippen molar-refractivity contribution >= 4 is 21.6 Å². The van der Waals surface area contributed by atoms with Gasteiger partial charge in [-0.15, -0.1) is 10.2 Å². The van der Waals surface area contributed by atoms with E-state index in [0.29, 0.717) is 12.4 Å². The molecule has 2 aromatic rings. The molecule has 0 unspecified atom stereocenters. The van der Waals surface area contributed by atoms with Crippen LogP contribution in [-0.4, -0.2) is 20.2 Å². The van der Waals surface area contributed by atoms with Gasteiger partial charge in [-0.1, -0.05) is 6.07 Å². The van der Waals surface area contributed by atoms with Crippen molar-refractivity contribution in [2.75, 3.05) is 5.32 Å². The number of aromatic nitrogens is 4. The quantitative estimate of drug-likeness (QED) is 0.934. The fourth-order valence-electron chi connectivity index (χ4n) is 1.33. The van der Waals surface area contributed by atoms with Crippen molar-refractivity contribution in [1.29, 1.82) is 0 Å². The number of hydrogen-bond acceptors (Lipinski definition) is 4. The van der Waals surface area contributed by atoms with E-state index >= 15 is 0 Å². The highest BCUT2D eigenvalue weighted by atomic mass is 79.9. The van der Waals surface area contributed by atoms with Crippen LogP contribution in [0.4, 0.5) is 5.69 Å². The minimum Gasteiger partial charge on any atom is -0.377 e. The number of anilines is 1. The van der Waals surface area contributed by atoms with Crippen LogP contribution < -0.4 is 5.32 Å². The van der Waals surface area contributed by atoms with Crippen LogP contribution in [0.3, 0.4) is 0 Å². The predicted molar refractivity (Wildman–Crippen MR) is 65.0 cm³/mol. The molecular formula is C10H12BrN5. The van der Waals surface area contributed by atoms with Crippen LogP contribution in [0.25, 0.3) is 0 Å². The molecule has 6 heteroatoms. The second kappa shape index (κ2) is 4.61. The fourth-order valence-corrected chi connectivity index (χ4v) is 1.97. The standard InChI is InChI=1S/C10H12BrN5/c1-7-3-4-9(8(11)5-7)12-6-10-13-15-16(2)14-10/h3-5,12H,6H2,1-2H3. The van der Waals surface area contributed by atoms with Crippen LogP contribution in [0.2, 0.25) is 0 Å². The van der Waals surface area contributed by atoms with E-state index in [1.165, 1.54) is 10.4 Å². The molecule has 84 valence electrons. The van der Waals surface area contributed by atoms with Crippen molar-refractivity contribution < 1.29 is 0 Å². The maximum absolute atomic E-state index is 4.09. The highest BCUT2D eigenvalue weighted by Gasteiger charge is 2.02. The Morgan fingerprint density at radius 1 is 1.44 bits per heavy atom. The van der Waals surface area contributed by atoms with Crippen LogP contribution in [0.5, 0.6) is 0 Å². The summed E-state index contributed by atoms with van der Waals surface area (Å²) in [6.07, 6.45) is 0. The van der Waals surface area contributed by atoms with Gasteiger partial charge < -0.3 is 5.32 Å². The second-order valence-electron chi connectivity index (χ2n) is 3.53. The summed E-state index contributed by atoms with van der Waals surface area (Å²) in [5, 5.41) is 15.0. The van der Waals surface area contributed by atoms with Gasteiger partial charge >= 0.3 is 0 Å². The van der Waals surface area contributed by atoms with Gasteiger partial charge in [0, 0.05) is 10.2 Å². The Labute approximate surface area is 102 Å². The molecule has 0 fully saturated rings. The number of aryl methyl sites for hydroxylation is 2. The van der Waals surface area contributed by atoms with Gasteiger partial charge in [-0.25, -0.2) is 0 Å². The maximum Gasteiger partial charge on any atom is 0.193 e. The first kappa shape index (κ1) is 11.1. The summed E-state index contributed by atoms with van der Waals surface area (Å²) < 4.78 is 1.04.